The Morgan fingerprint density at radius 2 is 1.50 bits per heavy atom. The summed E-state index contributed by atoms with van der Waals surface area (Å²) >= 11 is 0. The van der Waals surface area contributed by atoms with Crippen molar-refractivity contribution >= 4 is 23.1 Å². The number of nitrogens with one attached hydrogen (secondary N) is 1. The highest BCUT2D eigenvalue weighted by Gasteiger charge is 2.40. The molecule has 0 fully saturated rings. The molecule has 0 saturated heterocycles. The Balaban J connectivity index is 1.82. The van der Waals surface area contributed by atoms with Crippen LogP contribution in [-0.4, -0.2) is 30.9 Å². The largest absolute Gasteiger partial charge is 0.496 e. The van der Waals surface area contributed by atoms with Gasteiger partial charge in [0, 0.05) is 5.56 Å². The summed E-state index contributed by atoms with van der Waals surface area (Å²) in [6.07, 6.45) is 0. The van der Waals surface area contributed by atoms with Crippen molar-refractivity contribution in [2.75, 3.05) is 19.5 Å². The second-order valence-electron chi connectivity index (χ2n) is 7.46. The fourth-order valence-electron chi connectivity index (χ4n) is 3.76. The van der Waals surface area contributed by atoms with Crippen LogP contribution in [0.1, 0.15) is 16.7 Å². The van der Waals surface area contributed by atoms with Gasteiger partial charge in [0.05, 0.1) is 32.0 Å². The molecule has 0 spiro atoms. The van der Waals surface area contributed by atoms with Crippen LogP contribution in [-0.2, 0) is 16.1 Å². The Morgan fingerprint density at radius 1 is 0.812 bits per heavy atom. The zero-order valence-corrected chi connectivity index (χ0v) is 18.2. The summed E-state index contributed by atoms with van der Waals surface area (Å²) in [5.41, 5.74) is 3.48. The smallest absolute Gasteiger partial charge is 0.278 e. The first-order valence-corrected chi connectivity index (χ1v) is 10.2. The molecule has 1 aliphatic rings. The first-order chi connectivity index (χ1) is 15.5. The van der Waals surface area contributed by atoms with Crippen LogP contribution in [0.5, 0.6) is 11.5 Å². The van der Waals surface area contributed by atoms with E-state index in [9.17, 15) is 9.59 Å². The molecule has 0 saturated carbocycles. The molecule has 162 valence electrons. The van der Waals surface area contributed by atoms with Crippen molar-refractivity contribution in [2.24, 2.45) is 0 Å². The monoisotopic (exact) mass is 428 g/mol. The third kappa shape index (κ3) is 3.95. The standard InChI is InChI=1S/C26H24N2O4/c1-17-13-14-22(32-3)20(15-17)27-24-23(19-11-7-8-12-21(19)31-2)25(29)28(26(24)30)16-18-9-5-4-6-10-18/h4-15,27H,16H2,1-3H3. The second kappa shape index (κ2) is 8.98. The molecule has 0 bridgehead atoms. The highest BCUT2D eigenvalue weighted by atomic mass is 16.5. The first kappa shape index (κ1) is 21.2. The third-order valence-corrected chi connectivity index (χ3v) is 5.34. The molecule has 1 N–H and O–H groups in total. The minimum atomic E-state index is -0.400. The van der Waals surface area contributed by atoms with Crippen LogP contribution in [0, 0.1) is 6.92 Å². The molecule has 0 aliphatic carbocycles. The van der Waals surface area contributed by atoms with Gasteiger partial charge in [0.1, 0.15) is 17.2 Å². The summed E-state index contributed by atoms with van der Waals surface area (Å²) in [5, 5.41) is 3.18. The number of benzene rings is 3. The number of rotatable bonds is 7. The number of para-hydroxylation sites is 1. The molecule has 3 aromatic rings. The lowest BCUT2D eigenvalue weighted by Gasteiger charge is -2.16. The molecule has 0 unspecified atom stereocenters. The summed E-state index contributed by atoms with van der Waals surface area (Å²) in [6.45, 7) is 2.12. The van der Waals surface area contributed by atoms with Gasteiger partial charge in [-0.2, -0.15) is 0 Å². The number of nitrogens with zero attached hydrogens (tertiary/aromatic N) is 1. The summed E-state index contributed by atoms with van der Waals surface area (Å²) in [7, 11) is 3.10. The number of ether oxygens (including phenoxy) is 2. The van der Waals surface area contributed by atoms with Crippen molar-refractivity contribution < 1.29 is 19.1 Å². The number of methoxy groups -OCH3 is 2. The molecule has 32 heavy (non-hydrogen) atoms. The highest BCUT2D eigenvalue weighted by molar-refractivity contribution is 6.37. The normalized spacial score (nSPS) is 13.5. The van der Waals surface area contributed by atoms with Crippen LogP contribution in [0.3, 0.4) is 0 Å². The number of carbonyl (C=O) groups excluding carboxylic acids is 2. The fraction of sp³-hybridized carbons (Fsp3) is 0.154. The average molecular weight is 428 g/mol. The minimum Gasteiger partial charge on any atom is -0.496 e. The van der Waals surface area contributed by atoms with E-state index < -0.39 is 5.91 Å². The Labute approximate surface area is 187 Å². The molecule has 0 aromatic heterocycles. The lowest BCUT2D eigenvalue weighted by Crippen LogP contribution is -2.32. The molecule has 6 nitrogen and oxygen atoms in total. The molecule has 2 amide bonds. The Bertz CT molecular complexity index is 1200. The molecule has 1 aliphatic heterocycles. The first-order valence-electron chi connectivity index (χ1n) is 10.2. The van der Waals surface area contributed by atoms with Crippen molar-refractivity contribution in [2.45, 2.75) is 13.5 Å². The number of hydrogen-bond donors (Lipinski definition) is 1. The van der Waals surface area contributed by atoms with Crippen molar-refractivity contribution in [1.29, 1.82) is 0 Å². The van der Waals surface area contributed by atoms with Crippen LogP contribution in [0.25, 0.3) is 5.57 Å². The topological polar surface area (TPSA) is 67.9 Å². The van der Waals surface area contributed by atoms with Gasteiger partial charge in [-0.05, 0) is 36.2 Å². The average Bonchev–Trinajstić information content (AvgIpc) is 3.04. The highest BCUT2D eigenvalue weighted by Crippen LogP contribution is 2.37. The molecule has 6 heteroatoms. The van der Waals surface area contributed by atoms with E-state index in [1.54, 1.807) is 26.4 Å². The van der Waals surface area contributed by atoms with Crippen LogP contribution in [0.2, 0.25) is 0 Å². The van der Waals surface area contributed by atoms with Gasteiger partial charge in [-0.1, -0.05) is 54.6 Å². The summed E-state index contributed by atoms with van der Waals surface area (Å²) < 4.78 is 11.0. The number of aryl methyl sites for hydroxylation is 1. The van der Waals surface area contributed by atoms with Gasteiger partial charge in [0.25, 0.3) is 11.8 Å². The molecule has 0 radical (unpaired) electrons. The molecular weight excluding hydrogens is 404 g/mol. The maximum Gasteiger partial charge on any atom is 0.278 e. The maximum absolute atomic E-state index is 13.5. The molecule has 0 atom stereocenters. The Hall–Kier alpha value is -4.06. The van der Waals surface area contributed by atoms with E-state index in [2.05, 4.69) is 5.32 Å². The number of hydrogen-bond acceptors (Lipinski definition) is 5. The van der Waals surface area contributed by atoms with Crippen molar-refractivity contribution in [3.63, 3.8) is 0 Å². The Morgan fingerprint density at radius 3 is 2.22 bits per heavy atom. The molecule has 3 aromatic carbocycles. The lowest BCUT2D eigenvalue weighted by molar-refractivity contribution is -0.137. The zero-order chi connectivity index (χ0) is 22.7. The van der Waals surface area contributed by atoms with E-state index in [1.807, 2.05) is 67.6 Å². The lowest BCUT2D eigenvalue weighted by atomic mass is 10.0. The van der Waals surface area contributed by atoms with Gasteiger partial charge < -0.3 is 14.8 Å². The van der Waals surface area contributed by atoms with E-state index in [0.717, 1.165) is 11.1 Å². The molecule has 1 heterocycles. The van der Waals surface area contributed by atoms with Crippen LogP contribution >= 0.6 is 0 Å². The van der Waals surface area contributed by atoms with Gasteiger partial charge in [-0.25, -0.2) is 0 Å². The van der Waals surface area contributed by atoms with E-state index in [4.69, 9.17) is 9.47 Å². The third-order valence-electron chi connectivity index (χ3n) is 5.34. The summed E-state index contributed by atoms with van der Waals surface area (Å²) in [5.74, 6) is 0.311. The van der Waals surface area contributed by atoms with Gasteiger partial charge >= 0.3 is 0 Å². The van der Waals surface area contributed by atoms with Gasteiger partial charge in [0.2, 0.25) is 0 Å². The zero-order valence-electron chi connectivity index (χ0n) is 18.2. The minimum absolute atomic E-state index is 0.174. The van der Waals surface area contributed by atoms with E-state index in [-0.39, 0.29) is 23.7 Å². The SMILES string of the molecule is COc1ccc(C)cc1NC1=C(c2ccccc2OC)C(=O)N(Cc2ccccc2)C1=O. The van der Waals surface area contributed by atoms with Crippen molar-refractivity contribution in [3.05, 3.63) is 95.2 Å². The predicted octanol–water partition coefficient (Wildman–Crippen LogP) is 4.40. The van der Waals surface area contributed by atoms with Gasteiger partial charge in [-0.15, -0.1) is 0 Å². The molecular formula is C26H24N2O4. The second-order valence-corrected chi connectivity index (χ2v) is 7.46. The van der Waals surface area contributed by atoms with Gasteiger partial charge in [-0.3, -0.25) is 14.5 Å². The van der Waals surface area contributed by atoms with Crippen LogP contribution in [0.15, 0.2) is 78.5 Å². The number of amides is 2. The van der Waals surface area contributed by atoms with E-state index in [1.165, 1.54) is 4.90 Å². The number of carbonyl (C=O) groups is 2. The van der Waals surface area contributed by atoms with Crippen molar-refractivity contribution in [3.8, 4) is 11.5 Å². The molecule has 4 rings (SSSR count). The van der Waals surface area contributed by atoms with Crippen LogP contribution < -0.4 is 14.8 Å². The van der Waals surface area contributed by atoms with E-state index >= 15 is 0 Å². The number of imide groups is 1. The Kier molecular flexibility index (Phi) is 5.94. The number of anilines is 1. The predicted molar refractivity (Wildman–Crippen MR) is 123 cm³/mol. The quantitative estimate of drug-likeness (QED) is 0.565. The fourth-order valence-corrected chi connectivity index (χ4v) is 3.76. The summed E-state index contributed by atoms with van der Waals surface area (Å²) in [4.78, 5) is 28.3. The van der Waals surface area contributed by atoms with Crippen LogP contribution in [0.4, 0.5) is 5.69 Å². The summed E-state index contributed by atoms with van der Waals surface area (Å²) in [6, 6.07) is 22.2. The van der Waals surface area contributed by atoms with E-state index in [0.29, 0.717) is 22.7 Å². The van der Waals surface area contributed by atoms with Crippen molar-refractivity contribution in [1.82, 2.24) is 4.90 Å². The van der Waals surface area contributed by atoms with Gasteiger partial charge in [0.15, 0.2) is 0 Å². The maximum atomic E-state index is 13.5.